The van der Waals surface area contributed by atoms with Gasteiger partial charge in [-0.3, -0.25) is 14.5 Å². The largest absolute Gasteiger partial charge is 0.379 e. The molecule has 0 radical (unpaired) electrons. The first-order valence-electron chi connectivity index (χ1n) is 11.5. The van der Waals surface area contributed by atoms with Crippen molar-refractivity contribution in [2.45, 2.75) is 56.8 Å². The molecule has 0 saturated carbocycles. The molecule has 2 saturated heterocycles. The summed E-state index contributed by atoms with van der Waals surface area (Å²) in [4.78, 5) is 29.9. The van der Waals surface area contributed by atoms with E-state index in [-0.39, 0.29) is 31.8 Å². The number of carbonyl (C=O) groups excluding carboxylic acids is 2. The van der Waals surface area contributed by atoms with E-state index >= 15 is 0 Å². The van der Waals surface area contributed by atoms with Gasteiger partial charge in [0.15, 0.2) is 0 Å². The smallest absolute Gasteiger partial charge is 0.244 e. The van der Waals surface area contributed by atoms with E-state index in [0.29, 0.717) is 38.4 Å². The molecule has 3 aliphatic heterocycles. The second kappa shape index (κ2) is 10.4. The molecular formula is C23H31F3N4O3. The van der Waals surface area contributed by atoms with Crippen LogP contribution in [0.2, 0.25) is 0 Å². The van der Waals surface area contributed by atoms with E-state index in [1.54, 1.807) is 13.0 Å². The summed E-state index contributed by atoms with van der Waals surface area (Å²) in [5.41, 5.74) is 1.43. The fourth-order valence-electron chi connectivity index (χ4n) is 4.85. The molecule has 3 heterocycles. The van der Waals surface area contributed by atoms with Crippen LogP contribution in [0.4, 0.5) is 13.2 Å². The number of benzene rings is 1. The first-order chi connectivity index (χ1) is 15.8. The summed E-state index contributed by atoms with van der Waals surface area (Å²) >= 11 is 0. The van der Waals surface area contributed by atoms with Crippen molar-refractivity contribution >= 4 is 11.8 Å². The number of hydrogen-bond acceptors (Lipinski definition) is 5. The molecule has 182 valence electrons. The molecule has 2 fully saturated rings. The quantitative estimate of drug-likeness (QED) is 0.651. The van der Waals surface area contributed by atoms with Crippen LogP contribution in [-0.2, 0) is 27.3 Å². The molecule has 0 bridgehead atoms. The van der Waals surface area contributed by atoms with E-state index in [9.17, 15) is 22.8 Å². The zero-order valence-corrected chi connectivity index (χ0v) is 18.7. The maximum Gasteiger partial charge on any atom is 0.244 e. The number of piperidine rings is 1. The van der Waals surface area contributed by atoms with Crippen LogP contribution in [-0.4, -0.2) is 91.5 Å². The van der Waals surface area contributed by atoms with Crippen molar-refractivity contribution in [3.05, 3.63) is 35.1 Å². The molecule has 10 heteroatoms. The van der Waals surface area contributed by atoms with Crippen molar-refractivity contribution < 1.29 is 27.5 Å². The molecule has 0 aliphatic carbocycles. The van der Waals surface area contributed by atoms with Gasteiger partial charge in [-0.1, -0.05) is 6.07 Å². The van der Waals surface area contributed by atoms with Crippen LogP contribution in [0.25, 0.3) is 0 Å². The minimum Gasteiger partial charge on any atom is -0.379 e. The number of ether oxygens (including phenoxy) is 1. The monoisotopic (exact) mass is 468 g/mol. The van der Waals surface area contributed by atoms with Gasteiger partial charge in [-0.2, -0.15) is 0 Å². The van der Waals surface area contributed by atoms with Gasteiger partial charge in [0.25, 0.3) is 0 Å². The van der Waals surface area contributed by atoms with Crippen LogP contribution in [0.3, 0.4) is 0 Å². The SMILES string of the molecule is C[C@@H](NC(=O)[C@H](CN1CCOCC1)N1Cc2cc(F)ccc2CC1=O)C1NCC(F)CC1F. The molecule has 3 unspecified atom stereocenters. The molecule has 0 aromatic heterocycles. The Bertz CT molecular complexity index is 867. The minimum atomic E-state index is -1.42. The summed E-state index contributed by atoms with van der Waals surface area (Å²) in [5.74, 6) is -1.01. The molecule has 4 rings (SSSR count). The highest BCUT2D eigenvalue weighted by atomic mass is 19.1. The van der Waals surface area contributed by atoms with Gasteiger partial charge in [-0.25, -0.2) is 13.2 Å². The summed E-state index contributed by atoms with van der Waals surface area (Å²) in [6, 6.07) is 2.19. The molecule has 0 spiro atoms. The van der Waals surface area contributed by atoms with Gasteiger partial charge in [-0.05, 0) is 30.2 Å². The number of fused-ring (bicyclic) bond motifs is 1. The fraction of sp³-hybridized carbons (Fsp3) is 0.652. The van der Waals surface area contributed by atoms with Gasteiger partial charge in [0, 0.05) is 45.2 Å². The Labute approximate surface area is 191 Å². The third kappa shape index (κ3) is 5.67. The first kappa shape index (κ1) is 24.0. The lowest BCUT2D eigenvalue weighted by Crippen LogP contribution is -2.62. The Morgan fingerprint density at radius 2 is 2.03 bits per heavy atom. The molecule has 7 nitrogen and oxygen atoms in total. The van der Waals surface area contributed by atoms with Crippen molar-refractivity contribution in [2.75, 3.05) is 39.4 Å². The van der Waals surface area contributed by atoms with Crippen LogP contribution < -0.4 is 10.6 Å². The van der Waals surface area contributed by atoms with Crippen molar-refractivity contribution in [1.82, 2.24) is 20.4 Å². The Balaban J connectivity index is 1.51. The number of nitrogens with zero attached hydrogens (tertiary/aromatic N) is 2. The molecule has 33 heavy (non-hydrogen) atoms. The molecule has 3 aliphatic rings. The van der Waals surface area contributed by atoms with Crippen molar-refractivity contribution in [1.29, 1.82) is 0 Å². The number of nitrogens with one attached hydrogen (secondary N) is 2. The standard InChI is InChI=1S/C23H31F3N4O3/c1-14(22-19(26)10-18(25)11-27-22)28-23(32)20(13-29-4-6-33-7-5-29)30-12-16-8-17(24)3-2-15(16)9-21(30)31/h2-3,8,14,18-20,22,27H,4-7,9-13H2,1H3,(H,28,32)/t14-,18?,19?,20+,22?/m1/s1. The van der Waals surface area contributed by atoms with Crippen molar-refractivity contribution in [3.8, 4) is 0 Å². The van der Waals surface area contributed by atoms with Crippen molar-refractivity contribution in [3.63, 3.8) is 0 Å². The zero-order chi connectivity index (χ0) is 23.5. The molecule has 5 atom stereocenters. The maximum atomic E-state index is 14.4. The maximum absolute atomic E-state index is 14.4. The van der Waals surface area contributed by atoms with Crippen LogP contribution >= 0.6 is 0 Å². The predicted molar refractivity (Wildman–Crippen MR) is 116 cm³/mol. The first-order valence-corrected chi connectivity index (χ1v) is 11.5. The molecular weight excluding hydrogens is 437 g/mol. The molecule has 2 N–H and O–H groups in total. The number of alkyl halides is 2. The highest BCUT2D eigenvalue weighted by Crippen LogP contribution is 2.24. The zero-order valence-electron chi connectivity index (χ0n) is 18.7. The van der Waals surface area contributed by atoms with Crippen LogP contribution in [0.15, 0.2) is 18.2 Å². The summed E-state index contributed by atoms with van der Waals surface area (Å²) in [6.45, 7) is 4.45. The number of amides is 2. The Kier molecular flexibility index (Phi) is 7.55. The number of rotatable bonds is 6. The lowest BCUT2D eigenvalue weighted by atomic mass is 9.95. The van der Waals surface area contributed by atoms with E-state index in [2.05, 4.69) is 15.5 Å². The molecule has 1 aromatic carbocycles. The van der Waals surface area contributed by atoms with E-state index in [4.69, 9.17) is 4.74 Å². The minimum absolute atomic E-state index is 0.0372. The topological polar surface area (TPSA) is 73.9 Å². The van der Waals surface area contributed by atoms with Gasteiger partial charge >= 0.3 is 0 Å². The number of morpholine rings is 1. The number of halogens is 3. The van der Waals surface area contributed by atoms with Gasteiger partial charge < -0.3 is 20.3 Å². The Hall–Kier alpha value is -2.17. The Morgan fingerprint density at radius 1 is 1.27 bits per heavy atom. The summed E-state index contributed by atoms with van der Waals surface area (Å²) < 4.78 is 47.1. The summed E-state index contributed by atoms with van der Waals surface area (Å²) in [6.07, 6.45) is -2.79. The second-order valence-electron chi connectivity index (χ2n) is 9.12. The van der Waals surface area contributed by atoms with Crippen LogP contribution in [0.5, 0.6) is 0 Å². The molecule has 2 amide bonds. The lowest BCUT2D eigenvalue weighted by molar-refractivity contribution is -0.143. The average Bonchev–Trinajstić information content (AvgIpc) is 2.78. The third-order valence-corrected chi connectivity index (χ3v) is 6.74. The van der Waals surface area contributed by atoms with Crippen LogP contribution in [0.1, 0.15) is 24.5 Å². The van der Waals surface area contributed by atoms with Crippen LogP contribution in [0, 0.1) is 5.82 Å². The van der Waals surface area contributed by atoms with E-state index < -0.39 is 42.2 Å². The lowest BCUT2D eigenvalue weighted by Gasteiger charge is -2.40. The van der Waals surface area contributed by atoms with Gasteiger partial charge in [0.2, 0.25) is 11.8 Å². The van der Waals surface area contributed by atoms with Gasteiger partial charge in [-0.15, -0.1) is 0 Å². The normalized spacial score (nSPS) is 28.2. The van der Waals surface area contributed by atoms with E-state index in [1.165, 1.54) is 17.0 Å². The molecule has 1 aromatic rings. The third-order valence-electron chi connectivity index (χ3n) is 6.74. The Morgan fingerprint density at radius 3 is 2.76 bits per heavy atom. The highest BCUT2D eigenvalue weighted by molar-refractivity contribution is 5.89. The van der Waals surface area contributed by atoms with Gasteiger partial charge in [0.05, 0.1) is 25.7 Å². The number of hydrogen-bond donors (Lipinski definition) is 2. The van der Waals surface area contributed by atoms with E-state index in [0.717, 1.165) is 5.56 Å². The summed E-state index contributed by atoms with van der Waals surface area (Å²) in [7, 11) is 0. The second-order valence-corrected chi connectivity index (χ2v) is 9.12. The average molecular weight is 469 g/mol. The summed E-state index contributed by atoms with van der Waals surface area (Å²) in [5, 5.41) is 5.69. The van der Waals surface area contributed by atoms with Crippen molar-refractivity contribution in [2.24, 2.45) is 0 Å². The fourth-order valence-corrected chi connectivity index (χ4v) is 4.85. The predicted octanol–water partition coefficient (Wildman–Crippen LogP) is 0.954. The number of carbonyl (C=O) groups is 2. The van der Waals surface area contributed by atoms with E-state index in [1.807, 2.05) is 0 Å². The van der Waals surface area contributed by atoms with Gasteiger partial charge in [0.1, 0.15) is 24.2 Å². The highest BCUT2D eigenvalue weighted by Gasteiger charge is 2.38.